The molecule has 1 aromatic carbocycles. The van der Waals surface area contributed by atoms with Crippen LogP contribution in [0.15, 0.2) is 36.7 Å². The fraction of sp³-hybridized carbons (Fsp3) is 0.524. The maximum absolute atomic E-state index is 5.39. The minimum atomic E-state index is 0.540. The van der Waals surface area contributed by atoms with E-state index < -0.39 is 0 Å². The van der Waals surface area contributed by atoms with E-state index in [2.05, 4.69) is 63.0 Å². The highest BCUT2D eigenvalue weighted by molar-refractivity contribution is 5.31. The first-order valence-corrected chi connectivity index (χ1v) is 9.78. The molecule has 1 fully saturated rings. The third-order valence-corrected chi connectivity index (χ3v) is 5.58. The van der Waals surface area contributed by atoms with E-state index in [-0.39, 0.29) is 0 Å². The molecule has 6 heteroatoms. The van der Waals surface area contributed by atoms with E-state index in [1.807, 2.05) is 12.4 Å². The number of hydrogen-bond donors (Lipinski definition) is 0. The normalized spacial score (nSPS) is 20.7. The summed E-state index contributed by atoms with van der Waals surface area (Å²) in [7, 11) is 4.42. The van der Waals surface area contributed by atoms with Crippen molar-refractivity contribution >= 4 is 5.95 Å². The molecule has 2 aliphatic heterocycles. The third kappa shape index (κ3) is 4.46. The summed E-state index contributed by atoms with van der Waals surface area (Å²) in [4.78, 5) is 16.2. The largest absolute Gasteiger partial charge is 0.378 e. The van der Waals surface area contributed by atoms with Crippen molar-refractivity contribution in [2.75, 3.05) is 51.8 Å². The van der Waals surface area contributed by atoms with Crippen molar-refractivity contribution in [3.05, 3.63) is 53.3 Å². The predicted octanol–water partition coefficient (Wildman–Crippen LogP) is 1.80. The Hall–Kier alpha value is -2.02. The van der Waals surface area contributed by atoms with Gasteiger partial charge in [-0.1, -0.05) is 24.3 Å². The van der Waals surface area contributed by atoms with Crippen molar-refractivity contribution < 1.29 is 4.74 Å². The van der Waals surface area contributed by atoms with E-state index in [0.29, 0.717) is 6.04 Å². The lowest BCUT2D eigenvalue weighted by atomic mass is 9.94. The maximum atomic E-state index is 5.39. The highest BCUT2D eigenvalue weighted by Crippen LogP contribution is 2.22. The number of nitrogens with zero attached hydrogens (tertiary/aromatic N) is 5. The Bertz CT molecular complexity index is 744. The van der Waals surface area contributed by atoms with E-state index in [1.165, 1.54) is 11.1 Å². The quantitative estimate of drug-likeness (QED) is 0.803. The molecule has 144 valence electrons. The Morgan fingerprint density at radius 3 is 2.56 bits per heavy atom. The summed E-state index contributed by atoms with van der Waals surface area (Å²) in [5.41, 5.74) is 4.12. The zero-order valence-electron chi connectivity index (χ0n) is 16.3. The summed E-state index contributed by atoms with van der Waals surface area (Å²) in [5, 5.41) is 0. The monoisotopic (exact) mass is 367 g/mol. The number of fused-ring (bicyclic) bond motifs is 1. The number of rotatable bonds is 5. The lowest BCUT2D eigenvalue weighted by molar-refractivity contribution is 0.122. The number of ether oxygens (including phenoxy) is 1. The lowest BCUT2D eigenvalue weighted by Crippen LogP contribution is -2.44. The van der Waals surface area contributed by atoms with Crippen LogP contribution in [-0.4, -0.2) is 72.8 Å². The zero-order valence-corrected chi connectivity index (χ0v) is 16.3. The molecule has 0 spiro atoms. The maximum Gasteiger partial charge on any atom is 0.225 e. The van der Waals surface area contributed by atoms with Gasteiger partial charge in [-0.05, 0) is 31.6 Å². The first kappa shape index (κ1) is 18.3. The molecule has 0 bridgehead atoms. The van der Waals surface area contributed by atoms with Crippen molar-refractivity contribution in [3.8, 4) is 0 Å². The van der Waals surface area contributed by atoms with Gasteiger partial charge in [0.1, 0.15) is 0 Å². The van der Waals surface area contributed by atoms with Crippen LogP contribution in [0, 0.1) is 0 Å². The molecule has 0 radical (unpaired) electrons. The standard InChI is InChI=1S/C21H29N5O/c1-24(16-20-11-18-5-3-4-6-19(18)15-25(20)2)14-17-12-22-21(23-13-17)26-7-9-27-10-8-26/h3-6,12-13,20H,7-11,14-16H2,1-2H3/t20-/m0/s1. The number of anilines is 1. The molecule has 6 nitrogen and oxygen atoms in total. The number of morpholine rings is 1. The number of hydrogen-bond acceptors (Lipinski definition) is 6. The molecule has 2 aliphatic rings. The van der Waals surface area contributed by atoms with Gasteiger partial charge in [-0.2, -0.15) is 0 Å². The van der Waals surface area contributed by atoms with Gasteiger partial charge < -0.3 is 14.5 Å². The molecule has 1 saturated heterocycles. The molecule has 0 unspecified atom stereocenters. The second-order valence-electron chi connectivity index (χ2n) is 7.73. The van der Waals surface area contributed by atoms with Gasteiger partial charge in [0.2, 0.25) is 5.95 Å². The SMILES string of the molecule is CN(Cc1cnc(N2CCOCC2)nc1)C[C@@H]1Cc2ccccc2CN1C. The molecule has 3 heterocycles. The second-order valence-corrected chi connectivity index (χ2v) is 7.73. The van der Waals surface area contributed by atoms with E-state index in [4.69, 9.17) is 4.74 Å². The highest BCUT2D eigenvalue weighted by atomic mass is 16.5. The second kappa shape index (κ2) is 8.33. The first-order valence-electron chi connectivity index (χ1n) is 9.78. The van der Waals surface area contributed by atoms with Crippen LogP contribution < -0.4 is 4.90 Å². The van der Waals surface area contributed by atoms with Crippen LogP contribution in [0.25, 0.3) is 0 Å². The van der Waals surface area contributed by atoms with Crippen molar-refractivity contribution in [1.29, 1.82) is 0 Å². The minimum absolute atomic E-state index is 0.540. The Kier molecular flexibility index (Phi) is 5.66. The summed E-state index contributed by atoms with van der Waals surface area (Å²) >= 11 is 0. The Labute approximate surface area is 161 Å². The lowest BCUT2D eigenvalue weighted by Gasteiger charge is -2.36. The third-order valence-electron chi connectivity index (χ3n) is 5.58. The molecule has 27 heavy (non-hydrogen) atoms. The van der Waals surface area contributed by atoms with Gasteiger partial charge in [0.15, 0.2) is 0 Å². The molecular weight excluding hydrogens is 338 g/mol. The van der Waals surface area contributed by atoms with Crippen LogP contribution in [0.3, 0.4) is 0 Å². The predicted molar refractivity (Wildman–Crippen MR) is 107 cm³/mol. The van der Waals surface area contributed by atoms with Gasteiger partial charge in [-0.25, -0.2) is 9.97 Å². The molecule has 4 rings (SSSR count). The molecule has 2 aromatic rings. The molecule has 0 saturated carbocycles. The Morgan fingerprint density at radius 2 is 1.81 bits per heavy atom. The Morgan fingerprint density at radius 1 is 1.11 bits per heavy atom. The average Bonchev–Trinajstić information content (AvgIpc) is 2.70. The summed E-state index contributed by atoms with van der Waals surface area (Å²) < 4.78 is 5.39. The van der Waals surface area contributed by atoms with Crippen LogP contribution in [0.1, 0.15) is 16.7 Å². The molecule has 1 aromatic heterocycles. The van der Waals surface area contributed by atoms with E-state index in [9.17, 15) is 0 Å². The summed E-state index contributed by atoms with van der Waals surface area (Å²) in [6, 6.07) is 9.35. The molecule has 0 aliphatic carbocycles. The van der Waals surface area contributed by atoms with Crippen LogP contribution in [0.4, 0.5) is 5.95 Å². The minimum Gasteiger partial charge on any atom is -0.378 e. The molecule has 0 N–H and O–H groups in total. The number of likely N-dealkylation sites (N-methyl/N-ethyl adjacent to an activating group) is 2. The van der Waals surface area contributed by atoms with E-state index in [1.54, 1.807) is 0 Å². The van der Waals surface area contributed by atoms with Crippen LogP contribution >= 0.6 is 0 Å². The van der Waals surface area contributed by atoms with Crippen LogP contribution in [0.5, 0.6) is 0 Å². The molecule has 0 amide bonds. The van der Waals surface area contributed by atoms with Gasteiger partial charge in [-0.15, -0.1) is 0 Å². The Balaban J connectivity index is 1.33. The highest BCUT2D eigenvalue weighted by Gasteiger charge is 2.24. The average molecular weight is 367 g/mol. The van der Waals surface area contributed by atoms with Crippen molar-refractivity contribution in [2.24, 2.45) is 0 Å². The summed E-state index contributed by atoms with van der Waals surface area (Å²) in [6.07, 6.45) is 5.05. The zero-order chi connectivity index (χ0) is 18.6. The van der Waals surface area contributed by atoms with Gasteiger partial charge in [-0.3, -0.25) is 4.90 Å². The summed E-state index contributed by atoms with van der Waals surface area (Å²) in [6.45, 7) is 6.19. The number of aromatic nitrogens is 2. The fourth-order valence-corrected chi connectivity index (χ4v) is 4.01. The van der Waals surface area contributed by atoms with Gasteiger partial charge in [0.05, 0.1) is 13.2 Å². The van der Waals surface area contributed by atoms with Crippen LogP contribution in [0.2, 0.25) is 0 Å². The molecule has 1 atom stereocenters. The summed E-state index contributed by atoms with van der Waals surface area (Å²) in [5.74, 6) is 0.813. The van der Waals surface area contributed by atoms with E-state index in [0.717, 1.165) is 63.9 Å². The van der Waals surface area contributed by atoms with Crippen molar-refractivity contribution in [3.63, 3.8) is 0 Å². The van der Waals surface area contributed by atoms with Crippen molar-refractivity contribution in [1.82, 2.24) is 19.8 Å². The van der Waals surface area contributed by atoms with Gasteiger partial charge in [0, 0.05) is 56.7 Å². The first-order chi connectivity index (χ1) is 13.2. The molecular formula is C21H29N5O. The van der Waals surface area contributed by atoms with E-state index >= 15 is 0 Å². The number of benzene rings is 1. The van der Waals surface area contributed by atoms with Gasteiger partial charge in [0.25, 0.3) is 0 Å². The smallest absolute Gasteiger partial charge is 0.225 e. The topological polar surface area (TPSA) is 44.7 Å². The van der Waals surface area contributed by atoms with Gasteiger partial charge >= 0.3 is 0 Å². The van der Waals surface area contributed by atoms with Crippen LogP contribution in [-0.2, 0) is 24.2 Å². The fourth-order valence-electron chi connectivity index (χ4n) is 4.01. The van der Waals surface area contributed by atoms with Crippen molar-refractivity contribution in [2.45, 2.75) is 25.6 Å².